The van der Waals surface area contributed by atoms with Crippen LogP contribution in [0.5, 0.6) is 0 Å². The molecule has 0 bridgehead atoms. The summed E-state index contributed by atoms with van der Waals surface area (Å²) in [7, 11) is 4.16. The number of imide groups is 1. The van der Waals surface area contributed by atoms with Crippen LogP contribution in [-0.2, 0) is 4.79 Å². The first-order valence-corrected chi connectivity index (χ1v) is 12.8. The van der Waals surface area contributed by atoms with Crippen LogP contribution in [0.1, 0.15) is 15.9 Å². The predicted molar refractivity (Wildman–Crippen MR) is 148 cm³/mol. The number of hydrazine groups is 1. The average Bonchev–Trinajstić information content (AvgIpc) is 2.90. The summed E-state index contributed by atoms with van der Waals surface area (Å²) in [5.74, 6) is -0.984. The van der Waals surface area contributed by atoms with Crippen molar-refractivity contribution in [2.75, 3.05) is 81.7 Å². The summed E-state index contributed by atoms with van der Waals surface area (Å²) >= 11 is 0. The van der Waals surface area contributed by atoms with Crippen LogP contribution in [0, 0.1) is 0 Å². The zero-order chi connectivity index (χ0) is 26.8. The summed E-state index contributed by atoms with van der Waals surface area (Å²) in [6.45, 7) is 6.87. The summed E-state index contributed by atoms with van der Waals surface area (Å²) in [5, 5.41) is 8.90. The van der Waals surface area contributed by atoms with E-state index in [1.165, 1.54) is 5.01 Å². The standard InChI is InChI=1S/C27H34N8O3/c1-31-9-13-33(14-10-31)20-5-3-19(4-6-20)29-18-24-23-17-21(7-8-22(23)25(36)30-26(24)37)35(27(28)38)34-15-11-32(2)12-16-34/h3-8,17-18,29H,9-16H2,1-2H3,(H2,28,38)(H,30,36,37). The van der Waals surface area contributed by atoms with Gasteiger partial charge in [0.05, 0.1) is 11.3 Å². The SMILES string of the molecule is CN1CCN(c2ccc(NC=C3C(=O)NC(=O)c4ccc(N(C(N)=O)N5CCN(C)CC5)cc43)cc2)CC1. The molecule has 5 rings (SSSR count). The molecule has 2 saturated heterocycles. The van der Waals surface area contributed by atoms with Crippen LogP contribution in [0.4, 0.5) is 21.9 Å². The van der Waals surface area contributed by atoms with E-state index in [4.69, 9.17) is 5.73 Å². The second kappa shape index (κ2) is 10.8. The third-order valence-corrected chi connectivity index (χ3v) is 7.34. The molecule has 2 aromatic rings. The summed E-state index contributed by atoms with van der Waals surface area (Å²) in [5.41, 5.74) is 9.33. The number of hydrogen-bond donors (Lipinski definition) is 3. The highest BCUT2D eigenvalue weighted by Gasteiger charge is 2.30. The number of amides is 4. The Morgan fingerprint density at radius 2 is 1.50 bits per heavy atom. The molecule has 0 atom stereocenters. The molecular weight excluding hydrogens is 484 g/mol. The van der Waals surface area contributed by atoms with Gasteiger partial charge in [-0.05, 0) is 56.6 Å². The largest absolute Gasteiger partial charge is 0.369 e. The molecule has 0 unspecified atom stereocenters. The van der Waals surface area contributed by atoms with Crippen LogP contribution in [0.2, 0.25) is 0 Å². The van der Waals surface area contributed by atoms with E-state index in [1.807, 2.05) is 24.2 Å². The minimum atomic E-state index is -0.620. The molecular formula is C27H34N8O3. The molecule has 4 N–H and O–H groups in total. The first-order valence-electron chi connectivity index (χ1n) is 12.8. The van der Waals surface area contributed by atoms with E-state index in [2.05, 4.69) is 44.5 Å². The Morgan fingerprint density at radius 3 is 2.13 bits per heavy atom. The minimum absolute atomic E-state index is 0.299. The summed E-state index contributed by atoms with van der Waals surface area (Å²) in [6, 6.07) is 12.4. The molecule has 11 nitrogen and oxygen atoms in total. The molecule has 3 aliphatic rings. The van der Waals surface area contributed by atoms with Gasteiger partial charge in [-0.25, -0.2) is 14.8 Å². The maximum atomic E-state index is 12.9. The van der Waals surface area contributed by atoms with Crippen molar-refractivity contribution in [3.8, 4) is 0 Å². The number of nitrogens with two attached hydrogens (primary N) is 1. The number of anilines is 3. The third kappa shape index (κ3) is 5.35. The van der Waals surface area contributed by atoms with E-state index in [-0.39, 0.29) is 0 Å². The normalized spacial score (nSPS) is 20.3. The highest BCUT2D eigenvalue weighted by Crippen LogP contribution is 2.30. The van der Waals surface area contributed by atoms with E-state index >= 15 is 0 Å². The number of rotatable bonds is 5. The Hall–Kier alpha value is -3.93. The van der Waals surface area contributed by atoms with Gasteiger partial charge in [-0.15, -0.1) is 0 Å². The van der Waals surface area contributed by atoms with Crippen molar-refractivity contribution in [1.82, 2.24) is 20.1 Å². The van der Waals surface area contributed by atoms with Gasteiger partial charge >= 0.3 is 6.03 Å². The van der Waals surface area contributed by atoms with E-state index in [9.17, 15) is 14.4 Å². The van der Waals surface area contributed by atoms with Gasteiger partial charge in [0, 0.05) is 81.1 Å². The fourth-order valence-corrected chi connectivity index (χ4v) is 5.00. The molecule has 38 heavy (non-hydrogen) atoms. The van der Waals surface area contributed by atoms with Crippen molar-refractivity contribution >= 4 is 40.5 Å². The van der Waals surface area contributed by atoms with Crippen molar-refractivity contribution in [2.45, 2.75) is 0 Å². The molecule has 2 aromatic carbocycles. The molecule has 4 amide bonds. The van der Waals surface area contributed by atoms with Crippen molar-refractivity contribution in [3.05, 3.63) is 59.8 Å². The van der Waals surface area contributed by atoms with Gasteiger partial charge in [-0.1, -0.05) is 0 Å². The summed E-state index contributed by atoms with van der Waals surface area (Å²) in [6.07, 6.45) is 1.60. The summed E-state index contributed by atoms with van der Waals surface area (Å²) < 4.78 is 0. The van der Waals surface area contributed by atoms with Crippen molar-refractivity contribution in [3.63, 3.8) is 0 Å². The van der Waals surface area contributed by atoms with Crippen LogP contribution >= 0.6 is 0 Å². The number of carbonyl (C=O) groups excluding carboxylic acids is 3. The second-order valence-electron chi connectivity index (χ2n) is 9.96. The number of fused-ring (bicyclic) bond motifs is 1. The van der Waals surface area contributed by atoms with Gasteiger partial charge in [0.25, 0.3) is 11.8 Å². The van der Waals surface area contributed by atoms with Gasteiger partial charge in [-0.2, -0.15) is 0 Å². The van der Waals surface area contributed by atoms with Crippen molar-refractivity contribution in [1.29, 1.82) is 0 Å². The Kier molecular flexibility index (Phi) is 7.32. The molecule has 0 aliphatic carbocycles. The first-order chi connectivity index (χ1) is 18.3. The van der Waals surface area contributed by atoms with Gasteiger partial charge in [-0.3, -0.25) is 14.9 Å². The maximum Gasteiger partial charge on any atom is 0.334 e. The van der Waals surface area contributed by atoms with Crippen LogP contribution in [0.25, 0.3) is 5.57 Å². The molecule has 0 radical (unpaired) electrons. The average molecular weight is 519 g/mol. The Labute approximate surface area is 222 Å². The predicted octanol–water partition coefficient (Wildman–Crippen LogP) is 1.21. The van der Waals surface area contributed by atoms with Crippen LogP contribution in [0.15, 0.2) is 48.7 Å². The lowest BCUT2D eigenvalue weighted by Crippen LogP contribution is -2.56. The smallest absolute Gasteiger partial charge is 0.334 e. The number of piperazine rings is 2. The number of primary amides is 1. The Morgan fingerprint density at radius 1 is 0.868 bits per heavy atom. The molecule has 11 heteroatoms. The lowest BCUT2D eigenvalue weighted by atomic mass is 9.94. The minimum Gasteiger partial charge on any atom is -0.369 e. The van der Waals surface area contributed by atoms with E-state index < -0.39 is 17.8 Å². The molecule has 0 saturated carbocycles. The summed E-state index contributed by atoms with van der Waals surface area (Å²) in [4.78, 5) is 44.7. The lowest BCUT2D eigenvalue weighted by Gasteiger charge is -2.39. The molecule has 2 fully saturated rings. The number of likely N-dealkylation sites (N-methyl/N-ethyl adjacent to an activating group) is 2. The first kappa shape index (κ1) is 25.7. The molecule has 0 aromatic heterocycles. The van der Waals surface area contributed by atoms with Gasteiger partial charge < -0.3 is 25.8 Å². The number of nitrogens with zero attached hydrogens (tertiary/aromatic N) is 5. The fraction of sp³-hybridized carbons (Fsp3) is 0.370. The molecule has 3 heterocycles. The van der Waals surface area contributed by atoms with E-state index in [0.29, 0.717) is 35.5 Å². The fourth-order valence-electron chi connectivity index (χ4n) is 5.00. The Balaban J connectivity index is 1.39. The van der Waals surface area contributed by atoms with Crippen molar-refractivity contribution in [2.24, 2.45) is 5.73 Å². The molecule has 0 spiro atoms. The van der Waals surface area contributed by atoms with E-state index in [0.717, 1.165) is 50.6 Å². The highest BCUT2D eigenvalue weighted by atomic mass is 16.2. The number of nitrogens with one attached hydrogen (secondary N) is 2. The topological polar surface area (TPSA) is 117 Å². The van der Waals surface area contributed by atoms with Gasteiger partial charge in [0.1, 0.15) is 0 Å². The lowest BCUT2D eigenvalue weighted by molar-refractivity contribution is -0.114. The number of urea groups is 1. The zero-order valence-corrected chi connectivity index (χ0v) is 21.8. The monoisotopic (exact) mass is 518 g/mol. The number of carbonyl (C=O) groups is 3. The second-order valence-corrected chi connectivity index (χ2v) is 9.96. The van der Waals surface area contributed by atoms with Gasteiger partial charge in [0.2, 0.25) is 0 Å². The maximum absolute atomic E-state index is 12.9. The van der Waals surface area contributed by atoms with Crippen LogP contribution < -0.4 is 26.3 Å². The van der Waals surface area contributed by atoms with E-state index in [1.54, 1.807) is 24.4 Å². The van der Waals surface area contributed by atoms with Crippen LogP contribution in [-0.4, -0.2) is 99.1 Å². The molecule has 200 valence electrons. The number of hydrogen-bond acceptors (Lipinski definition) is 8. The quantitative estimate of drug-likeness (QED) is 0.400. The number of benzene rings is 2. The highest BCUT2D eigenvalue weighted by molar-refractivity contribution is 6.31. The van der Waals surface area contributed by atoms with Crippen molar-refractivity contribution < 1.29 is 14.4 Å². The zero-order valence-electron chi connectivity index (χ0n) is 21.8. The van der Waals surface area contributed by atoms with Gasteiger partial charge in [0.15, 0.2) is 0 Å². The Bertz CT molecular complexity index is 1250. The molecule has 3 aliphatic heterocycles. The third-order valence-electron chi connectivity index (χ3n) is 7.34. The van der Waals surface area contributed by atoms with Crippen LogP contribution in [0.3, 0.4) is 0 Å².